The SMILES string of the molecule is O=S(=O)(C1CCCCC1O)N1CCN(c2ccc(F)cc2)CC1. The van der Waals surface area contributed by atoms with Crippen molar-refractivity contribution in [2.45, 2.75) is 37.0 Å². The Morgan fingerprint density at radius 3 is 2.22 bits per heavy atom. The molecule has 0 radical (unpaired) electrons. The first kappa shape index (κ1) is 16.7. The number of piperazine rings is 1. The molecule has 1 aliphatic heterocycles. The van der Waals surface area contributed by atoms with Gasteiger partial charge < -0.3 is 10.0 Å². The Labute approximate surface area is 136 Å². The molecule has 0 spiro atoms. The van der Waals surface area contributed by atoms with Crippen LogP contribution in [0.2, 0.25) is 0 Å². The summed E-state index contributed by atoms with van der Waals surface area (Å²) >= 11 is 0. The molecule has 0 amide bonds. The van der Waals surface area contributed by atoms with Crippen molar-refractivity contribution in [2.75, 3.05) is 31.1 Å². The number of aliphatic hydroxyl groups excluding tert-OH is 1. The van der Waals surface area contributed by atoms with E-state index in [2.05, 4.69) is 4.90 Å². The predicted octanol–water partition coefficient (Wildman–Crippen LogP) is 1.58. The lowest BCUT2D eigenvalue weighted by atomic mass is 9.97. The molecule has 2 unspecified atom stereocenters. The third kappa shape index (κ3) is 3.51. The Bertz CT molecular complexity index is 627. The van der Waals surface area contributed by atoms with E-state index >= 15 is 0 Å². The summed E-state index contributed by atoms with van der Waals surface area (Å²) in [7, 11) is -3.45. The average molecular weight is 342 g/mol. The van der Waals surface area contributed by atoms with Crippen LogP contribution >= 0.6 is 0 Å². The maximum absolute atomic E-state index is 13.0. The number of hydrogen-bond donors (Lipinski definition) is 1. The quantitative estimate of drug-likeness (QED) is 0.906. The molecule has 1 aromatic carbocycles. The molecule has 1 aromatic rings. The van der Waals surface area contributed by atoms with E-state index in [1.54, 1.807) is 12.1 Å². The zero-order chi connectivity index (χ0) is 16.4. The molecule has 0 aromatic heterocycles. The van der Waals surface area contributed by atoms with Crippen LogP contribution in [0.3, 0.4) is 0 Å². The fourth-order valence-electron chi connectivity index (χ4n) is 3.47. The fourth-order valence-corrected chi connectivity index (χ4v) is 5.52. The second kappa shape index (κ2) is 6.75. The van der Waals surface area contributed by atoms with Crippen molar-refractivity contribution >= 4 is 15.7 Å². The van der Waals surface area contributed by atoms with Gasteiger partial charge in [-0.1, -0.05) is 12.8 Å². The van der Waals surface area contributed by atoms with E-state index < -0.39 is 21.4 Å². The fraction of sp³-hybridized carbons (Fsp3) is 0.625. The zero-order valence-electron chi connectivity index (χ0n) is 13.1. The van der Waals surface area contributed by atoms with Crippen molar-refractivity contribution in [1.29, 1.82) is 0 Å². The summed E-state index contributed by atoms with van der Waals surface area (Å²) in [6, 6.07) is 6.25. The third-order valence-corrected chi connectivity index (χ3v) is 7.24. The molecule has 1 N–H and O–H groups in total. The van der Waals surface area contributed by atoms with Gasteiger partial charge in [0.1, 0.15) is 11.1 Å². The standard InChI is InChI=1S/C16H23FN2O3S/c17-13-5-7-14(8-6-13)18-9-11-19(12-10-18)23(21,22)16-4-2-1-3-15(16)20/h5-8,15-16,20H,1-4,9-12H2. The van der Waals surface area contributed by atoms with Gasteiger partial charge in [-0.3, -0.25) is 0 Å². The molecule has 2 aliphatic rings. The highest BCUT2D eigenvalue weighted by molar-refractivity contribution is 7.89. The molecule has 128 valence electrons. The minimum Gasteiger partial charge on any atom is -0.392 e. The van der Waals surface area contributed by atoms with Crippen molar-refractivity contribution in [3.63, 3.8) is 0 Å². The minimum atomic E-state index is -3.45. The number of benzene rings is 1. The van der Waals surface area contributed by atoms with Gasteiger partial charge in [0.2, 0.25) is 10.0 Å². The molecule has 5 nitrogen and oxygen atoms in total. The van der Waals surface area contributed by atoms with E-state index in [0.717, 1.165) is 18.5 Å². The molecule has 1 saturated carbocycles. The Kier molecular flexibility index (Phi) is 4.89. The normalized spacial score (nSPS) is 27.1. The lowest BCUT2D eigenvalue weighted by Crippen LogP contribution is -2.53. The summed E-state index contributed by atoms with van der Waals surface area (Å²) < 4.78 is 40.0. The molecule has 3 rings (SSSR count). The van der Waals surface area contributed by atoms with Crippen LogP contribution in [-0.2, 0) is 10.0 Å². The molecule has 0 bridgehead atoms. The summed E-state index contributed by atoms with van der Waals surface area (Å²) in [6.45, 7) is 1.97. The summed E-state index contributed by atoms with van der Waals surface area (Å²) in [5.41, 5.74) is 0.904. The van der Waals surface area contributed by atoms with Crippen LogP contribution in [0.15, 0.2) is 24.3 Å². The Morgan fingerprint density at radius 2 is 1.61 bits per heavy atom. The van der Waals surface area contributed by atoms with Crippen LogP contribution in [0, 0.1) is 5.82 Å². The molecule has 2 fully saturated rings. The number of anilines is 1. The second-order valence-corrected chi connectivity index (χ2v) is 8.45. The molecule has 1 saturated heterocycles. The van der Waals surface area contributed by atoms with Gasteiger partial charge in [0.15, 0.2) is 0 Å². The van der Waals surface area contributed by atoms with Crippen LogP contribution in [0.25, 0.3) is 0 Å². The van der Waals surface area contributed by atoms with Crippen molar-refractivity contribution < 1.29 is 17.9 Å². The predicted molar refractivity (Wildman–Crippen MR) is 87.4 cm³/mol. The molecule has 2 atom stereocenters. The molecule has 1 heterocycles. The number of nitrogens with zero attached hydrogens (tertiary/aromatic N) is 2. The summed E-state index contributed by atoms with van der Waals surface area (Å²) in [4.78, 5) is 2.06. The number of aliphatic hydroxyl groups is 1. The first-order chi connectivity index (χ1) is 11.0. The van der Waals surface area contributed by atoms with Gasteiger partial charge in [0.05, 0.1) is 6.10 Å². The highest BCUT2D eigenvalue weighted by Crippen LogP contribution is 2.28. The first-order valence-corrected chi connectivity index (χ1v) is 9.66. The van der Waals surface area contributed by atoms with Crippen LogP contribution in [0.5, 0.6) is 0 Å². The Balaban J connectivity index is 1.65. The number of halogens is 1. The van der Waals surface area contributed by atoms with E-state index in [-0.39, 0.29) is 5.82 Å². The monoisotopic (exact) mass is 342 g/mol. The van der Waals surface area contributed by atoms with E-state index in [9.17, 15) is 17.9 Å². The van der Waals surface area contributed by atoms with Crippen molar-refractivity contribution in [2.24, 2.45) is 0 Å². The largest absolute Gasteiger partial charge is 0.392 e. The molecular weight excluding hydrogens is 319 g/mol. The maximum atomic E-state index is 13.0. The van der Waals surface area contributed by atoms with E-state index in [1.165, 1.54) is 16.4 Å². The topological polar surface area (TPSA) is 60.9 Å². The van der Waals surface area contributed by atoms with E-state index in [1.807, 2.05) is 0 Å². The average Bonchev–Trinajstić information content (AvgIpc) is 2.56. The smallest absolute Gasteiger partial charge is 0.219 e. The lowest BCUT2D eigenvalue weighted by molar-refractivity contribution is 0.130. The molecular formula is C16H23FN2O3S. The van der Waals surface area contributed by atoms with E-state index in [0.29, 0.717) is 39.0 Å². The van der Waals surface area contributed by atoms with Gasteiger partial charge in [-0.25, -0.2) is 12.8 Å². The Hall–Kier alpha value is -1.18. The highest BCUT2D eigenvalue weighted by atomic mass is 32.2. The van der Waals surface area contributed by atoms with Gasteiger partial charge >= 0.3 is 0 Å². The minimum absolute atomic E-state index is 0.277. The maximum Gasteiger partial charge on any atom is 0.219 e. The highest BCUT2D eigenvalue weighted by Gasteiger charge is 2.39. The molecule has 1 aliphatic carbocycles. The van der Waals surface area contributed by atoms with Crippen molar-refractivity contribution in [3.05, 3.63) is 30.1 Å². The summed E-state index contributed by atoms with van der Waals surface area (Å²) in [5, 5.41) is 9.38. The third-order valence-electron chi connectivity index (χ3n) is 4.84. The zero-order valence-corrected chi connectivity index (χ0v) is 13.9. The number of sulfonamides is 1. The van der Waals surface area contributed by atoms with Crippen LogP contribution in [-0.4, -0.2) is 55.4 Å². The van der Waals surface area contributed by atoms with Crippen LogP contribution < -0.4 is 4.90 Å². The lowest BCUT2D eigenvalue weighted by Gasteiger charge is -2.38. The van der Waals surface area contributed by atoms with Crippen LogP contribution in [0.4, 0.5) is 10.1 Å². The van der Waals surface area contributed by atoms with Gasteiger partial charge in [0, 0.05) is 31.9 Å². The van der Waals surface area contributed by atoms with Gasteiger partial charge in [0.25, 0.3) is 0 Å². The van der Waals surface area contributed by atoms with Gasteiger partial charge in [-0.05, 0) is 37.1 Å². The first-order valence-electron chi connectivity index (χ1n) is 8.16. The van der Waals surface area contributed by atoms with Gasteiger partial charge in [-0.15, -0.1) is 0 Å². The van der Waals surface area contributed by atoms with Crippen LogP contribution in [0.1, 0.15) is 25.7 Å². The summed E-state index contributed by atoms with van der Waals surface area (Å²) in [6.07, 6.45) is 2.12. The van der Waals surface area contributed by atoms with Crippen molar-refractivity contribution in [3.8, 4) is 0 Å². The molecule has 23 heavy (non-hydrogen) atoms. The van der Waals surface area contributed by atoms with E-state index in [4.69, 9.17) is 0 Å². The van der Waals surface area contributed by atoms with Gasteiger partial charge in [-0.2, -0.15) is 4.31 Å². The van der Waals surface area contributed by atoms with Crippen molar-refractivity contribution in [1.82, 2.24) is 4.31 Å². The Morgan fingerprint density at radius 1 is 1.00 bits per heavy atom. The molecule has 7 heteroatoms. The number of hydrogen-bond acceptors (Lipinski definition) is 4. The second-order valence-electron chi connectivity index (χ2n) is 6.30. The number of rotatable bonds is 3. The summed E-state index contributed by atoms with van der Waals surface area (Å²) in [5.74, 6) is -0.277.